The molecule has 5 N–H and O–H groups in total. The molecule has 126 valence electrons. The summed E-state index contributed by atoms with van der Waals surface area (Å²) in [7, 11) is 0. The second kappa shape index (κ2) is 7.40. The van der Waals surface area contributed by atoms with Crippen molar-refractivity contribution in [3.63, 3.8) is 0 Å². The number of hydrogen-bond acceptors (Lipinski definition) is 4. The van der Waals surface area contributed by atoms with Crippen molar-refractivity contribution in [2.75, 3.05) is 16.8 Å². The second-order valence-electron chi connectivity index (χ2n) is 5.61. The lowest BCUT2D eigenvalue weighted by molar-refractivity contribution is 0.155. The minimum Gasteiger partial charge on any atom is -0.444 e. The van der Waals surface area contributed by atoms with Gasteiger partial charge in [0, 0.05) is 22.6 Å². The molecule has 3 rings (SSSR count). The Labute approximate surface area is 146 Å². The van der Waals surface area contributed by atoms with Crippen LogP contribution in [0.1, 0.15) is 5.56 Å². The number of carbonyl (C=O) groups excluding carboxylic acids is 1. The summed E-state index contributed by atoms with van der Waals surface area (Å²) in [5.41, 5.74) is 16.4. The first kappa shape index (κ1) is 16.4. The molecular formula is C20H19N3O2. The monoisotopic (exact) mass is 333 g/mol. The topological polar surface area (TPSA) is 90.4 Å². The van der Waals surface area contributed by atoms with Gasteiger partial charge >= 0.3 is 6.09 Å². The number of carbonyl (C=O) groups is 1. The van der Waals surface area contributed by atoms with E-state index in [0.717, 1.165) is 16.7 Å². The molecule has 0 saturated carbocycles. The Bertz CT molecular complexity index is 879. The van der Waals surface area contributed by atoms with Crippen LogP contribution in [0.4, 0.5) is 21.9 Å². The van der Waals surface area contributed by atoms with Crippen molar-refractivity contribution in [3.05, 3.63) is 78.4 Å². The average molecular weight is 333 g/mol. The van der Waals surface area contributed by atoms with Crippen LogP contribution in [0, 0.1) is 0 Å². The van der Waals surface area contributed by atoms with E-state index in [-0.39, 0.29) is 6.61 Å². The Balaban J connectivity index is 1.70. The van der Waals surface area contributed by atoms with Crippen LogP contribution in [0.5, 0.6) is 0 Å². The van der Waals surface area contributed by atoms with Gasteiger partial charge in [0.15, 0.2) is 0 Å². The minimum absolute atomic E-state index is 0.212. The second-order valence-corrected chi connectivity index (χ2v) is 5.61. The molecule has 1 amide bonds. The van der Waals surface area contributed by atoms with Crippen molar-refractivity contribution < 1.29 is 9.53 Å². The van der Waals surface area contributed by atoms with Crippen LogP contribution in [0.25, 0.3) is 11.1 Å². The van der Waals surface area contributed by atoms with Crippen LogP contribution >= 0.6 is 0 Å². The molecule has 0 aliphatic carbocycles. The van der Waals surface area contributed by atoms with Crippen LogP contribution in [-0.4, -0.2) is 6.09 Å². The summed E-state index contributed by atoms with van der Waals surface area (Å²) in [5, 5.41) is 2.72. The van der Waals surface area contributed by atoms with Gasteiger partial charge in [-0.1, -0.05) is 42.5 Å². The van der Waals surface area contributed by atoms with Gasteiger partial charge in [-0.25, -0.2) is 4.79 Å². The van der Waals surface area contributed by atoms with Gasteiger partial charge in [0.1, 0.15) is 6.61 Å². The van der Waals surface area contributed by atoms with Gasteiger partial charge in [-0.05, 0) is 41.5 Å². The summed E-state index contributed by atoms with van der Waals surface area (Å²) in [6, 6.07) is 22.2. The Kier molecular flexibility index (Phi) is 4.85. The molecule has 3 aromatic rings. The lowest BCUT2D eigenvalue weighted by atomic mass is 10.0. The van der Waals surface area contributed by atoms with E-state index in [1.54, 1.807) is 18.2 Å². The predicted octanol–water partition coefficient (Wildman–Crippen LogP) is 4.27. The maximum Gasteiger partial charge on any atom is 0.411 e. The highest BCUT2D eigenvalue weighted by Gasteiger charge is 2.08. The third-order valence-electron chi connectivity index (χ3n) is 3.71. The first-order chi connectivity index (χ1) is 12.1. The van der Waals surface area contributed by atoms with Crippen LogP contribution in [0.15, 0.2) is 72.8 Å². The molecule has 5 nitrogen and oxygen atoms in total. The van der Waals surface area contributed by atoms with E-state index in [1.807, 2.05) is 54.6 Å². The Morgan fingerprint density at radius 1 is 0.920 bits per heavy atom. The van der Waals surface area contributed by atoms with Crippen LogP contribution in [-0.2, 0) is 11.3 Å². The Morgan fingerprint density at radius 3 is 2.48 bits per heavy atom. The quantitative estimate of drug-likeness (QED) is 0.622. The first-order valence-electron chi connectivity index (χ1n) is 7.85. The molecule has 0 heterocycles. The van der Waals surface area contributed by atoms with Gasteiger partial charge in [-0.15, -0.1) is 0 Å². The molecule has 0 atom stereocenters. The number of ether oxygens (including phenoxy) is 1. The summed E-state index contributed by atoms with van der Waals surface area (Å²) in [6.45, 7) is 0.212. The maximum atomic E-state index is 12.0. The normalized spacial score (nSPS) is 10.2. The minimum atomic E-state index is -0.521. The van der Waals surface area contributed by atoms with Crippen molar-refractivity contribution >= 4 is 23.2 Å². The third kappa shape index (κ3) is 4.29. The molecule has 0 unspecified atom stereocenters. The number of nitrogen functional groups attached to an aromatic ring is 2. The molecule has 0 spiro atoms. The van der Waals surface area contributed by atoms with E-state index in [9.17, 15) is 4.79 Å². The molecule has 0 aliphatic heterocycles. The molecular weight excluding hydrogens is 314 g/mol. The number of benzene rings is 3. The number of amides is 1. The standard InChI is InChI=1S/C20H19N3O2/c21-16-8-4-7-15(11-16)18-12-17(9-10-19(18)22)23-20(24)25-13-14-5-2-1-3-6-14/h1-12H,13,21-22H2,(H,23,24). The lowest BCUT2D eigenvalue weighted by Crippen LogP contribution is -2.13. The largest absolute Gasteiger partial charge is 0.444 e. The van der Waals surface area contributed by atoms with Gasteiger partial charge in [-0.2, -0.15) is 0 Å². The zero-order valence-corrected chi connectivity index (χ0v) is 13.6. The van der Waals surface area contributed by atoms with Crippen LogP contribution < -0.4 is 16.8 Å². The van der Waals surface area contributed by atoms with Crippen LogP contribution in [0.2, 0.25) is 0 Å². The molecule has 3 aromatic carbocycles. The van der Waals surface area contributed by atoms with E-state index in [1.165, 1.54) is 0 Å². The number of anilines is 3. The highest BCUT2D eigenvalue weighted by molar-refractivity contribution is 5.88. The van der Waals surface area contributed by atoms with E-state index in [2.05, 4.69) is 5.32 Å². The number of nitrogens with one attached hydrogen (secondary N) is 1. The molecule has 5 heteroatoms. The Hall–Kier alpha value is -3.47. The van der Waals surface area contributed by atoms with Gasteiger partial charge in [-0.3, -0.25) is 5.32 Å². The summed E-state index contributed by atoms with van der Waals surface area (Å²) < 4.78 is 5.23. The van der Waals surface area contributed by atoms with Crippen molar-refractivity contribution in [1.82, 2.24) is 0 Å². The maximum absolute atomic E-state index is 12.0. The average Bonchev–Trinajstić information content (AvgIpc) is 2.62. The highest BCUT2D eigenvalue weighted by atomic mass is 16.5. The fourth-order valence-electron chi connectivity index (χ4n) is 2.47. The zero-order valence-electron chi connectivity index (χ0n) is 13.6. The fraction of sp³-hybridized carbons (Fsp3) is 0.0500. The van der Waals surface area contributed by atoms with Gasteiger partial charge < -0.3 is 16.2 Å². The van der Waals surface area contributed by atoms with Gasteiger partial charge in [0.25, 0.3) is 0 Å². The van der Waals surface area contributed by atoms with E-state index in [4.69, 9.17) is 16.2 Å². The summed E-state index contributed by atoms with van der Waals surface area (Å²) in [4.78, 5) is 12.0. The van der Waals surface area contributed by atoms with Crippen molar-refractivity contribution in [1.29, 1.82) is 0 Å². The fourth-order valence-corrected chi connectivity index (χ4v) is 2.47. The molecule has 0 saturated heterocycles. The molecule has 25 heavy (non-hydrogen) atoms. The van der Waals surface area contributed by atoms with Gasteiger partial charge in [0.05, 0.1) is 0 Å². The summed E-state index contributed by atoms with van der Waals surface area (Å²) >= 11 is 0. The summed E-state index contributed by atoms with van der Waals surface area (Å²) in [6.07, 6.45) is -0.521. The summed E-state index contributed by atoms with van der Waals surface area (Å²) in [5.74, 6) is 0. The smallest absolute Gasteiger partial charge is 0.411 e. The van der Waals surface area contributed by atoms with E-state index >= 15 is 0 Å². The van der Waals surface area contributed by atoms with E-state index < -0.39 is 6.09 Å². The number of rotatable bonds is 4. The number of hydrogen-bond donors (Lipinski definition) is 3. The number of nitrogens with two attached hydrogens (primary N) is 2. The molecule has 0 aromatic heterocycles. The molecule has 0 aliphatic rings. The van der Waals surface area contributed by atoms with Crippen molar-refractivity contribution in [3.8, 4) is 11.1 Å². The van der Waals surface area contributed by atoms with Crippen LogP contribution in [0.3, 0.4) is 0 Å². The van der Waals surface area contributed by atoms with Crippen molar-refractivity contribution in [2.24, 2.45) is 0 Å². The Morgan fingerprint density at radius 2 is 1.72 bits per heavy atom. The SMILES string of the molecule is Nc1cccc(-c2cc(NC(=O)OCc3ccccc3)ccc2N)c1. The molecule has 0 radical (unpaired) electrons. The van der Waals surface area contributed by atoms with Gasteiger partial charge in [0.2, 0.25) is 0 Å². The molecule has 0 bridgehead atoms. The highest BCUT2D eigenvalue weighted by Crippen LogP contribution is 2.30. The first-order valence-corrected chi connectivity index (χ1v) is 7.85. The lowest BCUT2D eigenvalue weighted by Gasteiger charge is -2.11. The van der Waals surface area contributed by atoms with E-state index in [0.29, 0.717) is 17.1 Å². The third-order valence-corrected chi connectivity index (χ3v) is 3.71. The zero-order chi connectivity index (χ0) is 17.6. The molecule has 0 fully saturated rings. The van der Waals surface area contributed by atoms with Crippen molar-refractivity contribution in [2.45, 2.75) is 6.61 Å². The predicted molar refractivity (Wildman–Crippen MR) is 101 cm³/mol.